The molecule has 7 nitrogen and oxygen atoms in total. The highest BCUT2D eigenvalue weighted by molar-refractivity contribution is 7.99. The molecule has 1 amide bonds. The number of phenols is 1. The summed E-state index contributed by atoms with van der Waals surface area (Å²) >= 11 is 1.76. The van der Waals surface area contributed by atoms with Gasteiger partial charge in [0.1, 0.15) is 11.5 Å². The first-order chi connectivity index (χ1) is 13.8. The predicted molar refractivity (Wildman–Crippen MR) is 110 cm³/mol. The van der Waals surface area contributed by atoms with Crippen molar-refractivity contribution in [2.75, 3.05) is 18.1 Å². The van der Waals surface area contributed by atoms with Crippen LogP contribution in [0.4, 0.5) is 0 Å². The third-order valence-corrected chi connectivity index (χ3v) is 6.23. The summed E-state index contributed by atoms with van der Waals surface area (Å²) in [5, 5.41) is 32.7. The zero-order valence-corrected chi connectivity index (χ0v) is 17.0. The molecule has 0 bridgehead atoms. The Balaban J connectivity index is 1.74. The first-order valence-electron chi connectivity index (χ1n) is 9.46. The molecule has 1 atom stereocenters. The molecule has 2 heterocycles. The number of carbonyl (C=O) groups is 1. The number of aromatic hydroxyl groups is 2. The van der Waals surface area contributed by atoms with Crippen molar-refractivity contribution >= 4 is 17.7 Å². The molecule has 1 saturated heterocycles. The molecule has 1 aliphatic rings. The van der Waals surface area contributed by atoms with Gasteiger partial charge in [-0.15, -0.1) is 0 Å². The summed E-state index contributed by atoms with van der Waals surface area (Å²) in [5.74, 6) is 1.53. The molecule has 1 aromatic heterocycles. The van der Waals surface area contributed by atoms with E-state index < -0.39 is 22.7 Å². The van der Waals surface area contributed by atoms with Crippen molar-refractivity contribution in [3.8, 4) is 11.5 Å². The van der Waals surface area contributed by atoms with E-state index in [9.17, 15) is 24.9 Å². The maximum Gasteiger partial charge on any atom is 0.227 e. The summed E-state index contributed by atoms with van der Waals surface area (Å²) in [6.07, 6.45) is 0.343. The second-order valence-electron chi connectivity index (χ2n) is 7.38. The summed E-state index contributed by atoms with van der Waals surface area (Å²) < 4.78 is 5.73. The fourth-order valence-electron chi connectivity index (χ4n) is 3.60. The molecule has 29 heavy (non-hydrogen) atoms. The van der Waals surface area contributed by atoms with Crippen LogP contribution in [0.3, 0.4) is 0 Å². The van der Waals surface area contributed by atoms with Crippen molar-refractivity contribution in [2.24, 2.45) is 0 Å². The van der Waals surface area contributed by atoms with E-state index in [4.69, 9.17) is 4.42 Å². The largest absolute Gasteiger partial charge is 0.508 e. The first-order valence-corrected chi connectivity index (χ1v) is 10.6. The lowest BCUT2D eigenvalue weighted by Crippen LogP contribution is -2.39. The van der Waals surface area contributed by atoms with Gasteiger partial charge in [-0.2, -0.15) is 11.8 Å². The Hall–Kier alpha value is -2.45. The molecule has 0 aliphatic carbocycles. The van der Waals surface area contributed by atoms with Crippen LogP contribution in [0, 0.1) is 6.92 Å². The maximum atomic E-state index is 12.7. The molecular formula is C21H25NO6S. The molecule has 8 heteroatoms. The number of aliphatic hydroxyl groups is 1. The summed E-state index contributed by atoms with van der Waals surface area (Å²) in [4.78, 5) is 24.8. The molecule has 4 N–H and O–H groups in total. The van der Waals surface area contributed by atoms with Crippen molar-refractivity contribution in [3.05, 3.63) is 57.6 Å². The summed E-state index contributed by atoms with van der Waals surface area (Å²) in [7, 11) is 0. The number of nitrogens with one attached hydrogen (secondary N) is 1. The highest BCUT2D eigenvalue weighted by Gasteiger charge is 2.41. The van der Waals surface area contributed by atoms with Crippen molar-refractivity contribution in [1.82, 2.24) is 5.32 Å². The van der Waals surface area contributed by atoms with Crippen LogP contribution in [0.15, 0.2) is 39.5 Å². The third-order valence-electron chi connectivity index (χ3n) is 5.25. The normalized spacial score (nSPS) is 16.9. The molecule has 0 radical (unpaired) electrons. The average molecular weight is 419 g/mol. The molecule has 1 fully saturated rings. The summed E-state index contributed by atoms with van der Waals surface area (Å²) in [5.41, 5.74) is -0.688. The summed E-state index contributed by atoms with van der Waals surface area (Å²) in [6, 6.07) is 7.35. The van der Waals surface area contributed by atoms with Crippen LogP contribution in [0.1, 0.15) is 42.5 Å². The number of hydrogen-bond donors (Lipinski definition) is 4. The minimum absolute atomic E-state index is 0.0121. The predicted octanol–water partition coefficient (Wildman–Crippen LogP) is 2.36. The van der Waals surface area contributed by atoms with Crippen molar-refractivity contribution in [3.63, 3.8) is 0 Å². The smallest absolute Gasteiger partial charge is 0.227 e. The van der Waals surface area contributed by atoms with Gasteiger partial charge < -0.3 is 25.1 Å². The lowest BCUT2D eigenvalue weighted by molar-refractivity contribution is -0.123. The van der Waals surface area contributed by atoms with E-state index in [-0.39, 0.29) is 30.4 Å². The average Bonchev–Trinajstić information content (AvgIpc) is 2.70. The first kappa shape index (κ1) is 21.3. The Morgan fingerprint density at radius 1 is 1.24 bits per heavy atom. The van der Waals surface area contributed by atoms with Gasteiger partial charge in [-0.05, 0) is 49.0 Å². The van der Waals surface area contributed by atoms with Crippen molar-refractivity contribution in [1.29, 1.82) is 0 Å². The Morgan fingerprint density at radius 2 is 1.90 bits per heavy atom. The number of aryl methyl sites for hydroxylation is 1. The Morgan fingerprint density at radius 3 is 2.55 bits per heavy atom. The number of rotatable bonds is 6. The number of thioether (sulfide) groups is 1. The number of phenolic OH excluding ortho intramolecular Hbond substituents is 1. The quantitative estimate of drug-likeness (QED) is 0.567. The van der Waals surface area contributed by atoms with Gasteiger partial charge in [0.2, 0.25) is 17.1 Å². The molecule has 1 aliphatic heterocycles. The zero-order valence-electron chi connectivity index (χ0n) is 16.2. The molecule has 1 unspecified atom stereocenters. The molecule has 0 saturated carbocycles. The zero-order chi connectivity index (χ0) is 21.0. The highest BCUT2D eigenvalue weighted by Crippen LogP contribution is 2.44. The molecular weight excluding hydrogens is 394 g/mol. The Kier molecular flexibility index (Phi) is 6.54. The molecule has 3 rings (SSSR count). The minimum atomic E-state index is -0.914. The van der Waals surface area contributed by atoms with E-state index >= 15 is 0 Å². The van der Waals surface area contributed by atoms with Gasteiger partial charge in [0.15, 0.2) is 5.76 Å². The van der Waals surface area contributed by atoms with Crippen LogP contribution in [-0.4, -0.2) is 39.3 Å². The van der Waals surface area contributed by atoms with E-state index in [1.807, 2.05) is 0 Å². The maximum absolute atomic E-state index is 12.7. The van der Waals surface area contributed by atoms with Gasteiger partial charge in [-0.3, -0.25) is 9.59 Å². The Bertz CT molecular complexity index is 918. The van der Waals surface area contributed by atoms with Crippen LogP contribution in [0.25, 0.3) is 0 Å². The molecule has 0 spiro atoms. The lowest BCUT2D eigenvalue weighted by atomic mass is 9.75. The second kappa shape index (κ2) is 8.92. The van der Waals surface area contributed by atoms with Crippen LogP contribution in [0.2, 0.25) is 0 Å². The fraction of sp³-hybridized carbons (Fsp3) is 0.429. The topological polar surface area (TPSA) is 120 Å². The number of aliphatic hydroxyl groups excluding tert-OH is 1. The van der Waals surface area contributed by atoms with E-state index in [0.717, 1.165) is 11.5 Å². The standard InChI is InChI=1S/C21H25NO6S/c1-13-10-16(24)19(27)20(28-13)21(6-8-29-9-7-21)11-18(26)22-12-17(25)14-2-4-15(23)5-3-14/h2-5,10,17,23,25,27H,6-9,11-12H2,1H3,(H,22,26). The van der Waals surface area contributed by atoms with Gasteiger partial charge >= 0.3 is 0 Å². The summed E-state index contributed by atoms with van der Waals surface area (Å²) in [6.45, 7) is 1.65. The van der Waals surface area contributed by atoms with Gasteiger partial charge in [0, 0.05) is 24.4 Å². The highest BCUT2D eigenvalue weighted by atomic mass is 32.2. The molecule has 156 valence electrons. The van der Waals surface area contributed by atoms with Crippen molar-refractivity contribution < 1.29 is 24.5 Å². The van der Waals surface area contributed by atoms with Crippen LogP contribution >= 0.6 is 11.8 Å². The SMILES string of the molecule is Cc1cc(=O)c(O)c(C2(CC(=O)NCC(O)c3ccc(O)cc3)CCSCC2)o1. The van der Waals surface area contributed by atoms with E-state index in [1.165, 1.54) is 18.2 Å². The van der Waals surface area contributed by atoms with Gasteiger partial charge in [-0.1, -0.05) is 12.1 Å². The van der Waals surface area contributed by atoms with E-state index in [1.54, 1.807) is 30.8 Å². The Labute approximate surface area is 172 Å². The number of benzene rings is 1. The van der Waals surface area contributed by atoms with Crippen molar-refractivity contribution in [2.45, 2.75) is 37.7 Å². The number of amides is 1. The van der Waals surface area contributed by atoms with E-state index in [2.05, 4.69) is 5.32 Å². The number of hydrogen-bond acceptors (Lipinski definition) is 7. The molecule has 2 aromatic rings. The van der Waals surface area contributed by atoms with Crippen LogP contribution in [-0.2, 0) is 10.2 Å². The third kappa shape index (κ3) is 4.94. The van der Waals surface area contributed by atoms with Gasteiger partial charge in [-0.25, -0.2) is 0 Å². The minimum Gasteiger partial charge on any atom is -0.508 e. The molecule has 1 aromatic carbocycles. The van der Waals surface area contributed by atoms with Crippen LogP contribution in [0.5, 0.6) is 11.5 Å². The lowest BCUT2D eigenvalue weighted by Gasteiger charge is -2.35. The van der Waals surface area contributed by atoms with Gasteiger partial charge in [0.25, 0.3) is 0 Å². The van der Waals surface area contributed by atoms with Crippen LogP contribution < -0.4 is 10.7 Å². The number of carbonyl (C=O) groups excluding carboxylic acids is 1. The van der Waals surface area contributed by atoms with E-state index in [0.29, 0.717) is 24.2 Å². The fourth-order valence-corrected chi connectivity index (χ4v) is 4.88. The van der Waals surface area contributed by atoms with Gasteiger partial charge in [0.05, 0.1) is 6.10 Å². The second-order valence-corrected chi connectivity index (χ2v) is 8.60. The monoisotopic (exact) mass is 419 g/mol.